The van der Waals surface area contributed by atoms with E-state index in [4.69, 9.17) is 5.73 Å². The van der Waals surface area contributed by atoms with Crippen molar-refractivity contribution in [2.45, 2.75) is 45.1 Å². The topological polar surface area (TPSA) is 67.6 Å². The van der Waals surface area contributed by atoms with E-state index in [2.05, 4.69) is 29.0 Å². The third-order valence-electron chi connectivity index (χ3n) is 3.04. The summed E-state index contributed by atoms with van der Waals surface area (Å²) in [5, 5.41) is 7.17. The lowest BCUT2D eigenvalue weighted by Gasteiger charge is -2.13. The van der Waals surface area contributed by atoms with Gasteiger partial charge in [0.2, 0.25) is 0 Å². The fourth-order valence-electron chi connectivity index (χ4n) is 1.48. The molecule has 1 aliphatic carbocycles. The molecule has 1 unspecified atom stereocenters. The fourth-order valence-corrected chi connectivity index (χ4v) is 1.48. The Bertz CT molecular complexity index is 303. The quantitative estimate of drug-likeness (QED) is 0.767. The molecule has 1 saturated carbocycles. The van der Waals surface area contributed by atoms with Crippen molar-refractivity contribution in [3.05, 3.63) is 11.6 Å². The number of nitrogens with two attached hydrogens (primary N) is 1. The van der Waals surface area contributed by atoms with E-state index in [0.717, 1.165) is 18.1 Å². The molecule has 3 N–H and O–H groups in total. The van der Waals surface area contributed by atoms with E-state index in [1.54, 1.807) is 0 Å². The summed E-state index contributed by atoms with van der Waals surface area (Å²) in [5.41, 5.74) is 6.04. The van der Waals surface area contributed by atoms with E-state index in [1.807, 2.05) is 0 Å². The van der Waals surface area contributed by atoms with E-state index in [9.17, 15) is 0 Å². The first-order chi connectivity index (χ1) is 6.72. The van der Waals surface area contributed by atoms with E-state index >= 15 is 0 Å². The number of nitrogens with one attached hydrogen (secondary N) is 1. The number of rotatable bonds is 4. The normalized spacial score (nSPS) is 20.8. The van der Waals surface area contributed by atoms with Crippen molar-refractivity contribution < 1.29 is 0 Å². The molecule has 78 valence electrons. The molecule has 0 aromatic carbocycles. The van der Waals surface area contributed by atoms with E-state index < -0.39 is 0 Å². The number of nitrogens with zero attached hydrogens (tertiary/aromatic N) is 2. The van der Waals surface area contributed by atoms with Crippen LogP contribution in [-0.2, 0) is 0 Å². The Morgan fingerprint density at radius 1 is 1.57 bits per heavy atom. The van der Waals surface area contributed by atoms with Gasteiger partial charge in [0.05, 0.1) is 6.04 Å². The molecule has 0 bridgehead atoms. The van der Waals surface area contributed by atoms with Crippen LogP contribution in [0.3, 0.4) is 0 Å². The minimum absolute atomic E-state index is 0.0243. The van der Waals surface area contributed by atoms with Gasteiger partial charge < -0.3 is 5.73 Å². The van der Waals surface area contributed by atoms with Crippen LogP contribution in [0.4, 0.5) is 0 Å². The lowest BCUT2D eigenvalue weighted by atomic mass is 10.00. The molecule has 1 heterocycles. The first kappa shape index (κ1) is 9.65. The highest BCUT2D eigenvalue weighted by molar-refractivity contribution is 5.07. The summed E-state index contributed by atoms with van der Waals surface area (Å²) in [6.45, 7) is 4.27. The maximum absolute atomic E-state index is 6.04. The largest absolute Gasteiger partial charge is 0.321 e. The predicted molar refractivity (Wildman–Crippen MR) is 54.7 cm³/mol. The number of hydrogen-bond donors (Lipinski definition) is 2. The van der Waals surface area contributed by atoms with Crippen molar-refractivity contribution in [1.82, 2.24) is 15.2 Å². The third kappa shape index (κ3) is 1.80. The second kappa shape index (κ2) is 3.69. The van der Waals surface area contributed by atoms with Gasteiger partial charge >= 0.3 is 0 Å². The van der Waals surface area contributed by atoms with Crippen LogP contribution in [0.5, 0.6) is 0 Å². The Kier molecular flexibility index (Phi) is 2.54. The van der Waals surface area contributed by atoms with E-state index in [0.29, 0.717) is 11.8 Å². The summed E-state index contributed by atoms with van der Waals surface area (Å²) in [7, 11) is 0. The van der Waals surface area contributed by atoms with Crippen LogP contribution in [0.15, 0.2) is 0 Å². The van der Waals surface area contributed by atoms with Crippen molar-refractivity contribution in [3.63, 3.8) is 0 Å². The molecular weight excluding hydrogens is 176 g/mol. The standard InChI is InChI=1S/C10H18N4/c1-3-6(2)8(11)10-12-9(13-14-10)7-4-5-7/h6-8H,3-5,11H2,1-2H3,(H,12,13,14)/t6?,8-/m0/s1. The van der Waals surface area contributed by atoms with Crippen molar-refractivity contribution in [1.29, 1.82) is 0 Å². The van der Waals surface area contributed by atoms with Gasteiger partial charge in [0.1, 0.15) is 5.82 Å². The van der Waals surface area contributed by atoms with Gasteiger partial charge in [0.15, 0.2) is 5.82 Å². The Balaban J connectivity index is 2.07. The number of hydrogen-bond acceptors (Lipinski definition) is 3. The van der Waals surface area contributed by atoms with Gasteiger partial charge in [-0.2, -0.15) is 5.10 Å². The fraction of sp³-hybridized carbons (Fsp3) is 0.800. The van der Waals surface area contributed by atoms with E-state index in [-0.39, 0.29) is 6.04 Å². The SMILES string of the molecule is CCC(C)[C@H](N)c1n[nH]c(C2CC2)n1. The van der Waals surface area contributed by atoms with Gasteiger partial charge in [0.25, 0.3) is 0 Å². The molecule has 1 fully saturated rings. The third-order valence-corrected chi connectivity index (χ3v) is 3.04. The lowest BCUT2D eigenvalue weighted by molar-refractivity contribution is 0.440. The number of H-pyrrole nitrogens is 1. The molecule has 0 aliphatic heterocycles. The summed E-state index contributed by atoms with van der Waals surface area (Å²) in [5.74, 6) is 2.87. The summed E-state index contributed by atoms with van der Waals surface area (Å²) in [6, 6.07) is -0.0243. The molecule has 0 amide bonds. The number of aromatic amines is 1. The van der Waals surface area contributed by atoms with Crippen molar-refractivity contribution >= 4 is 0 Å². The second-order valence-electron chi connectivity index (χ2n) is 4.26. The molecule has 4 heteroatoms. The first-order valence-electron chi connectivity index (χ1n) is 5.40. The maximum Gasteiger partial charge on any atom is 0.167 e. The van der Waals surface area contributed by atoms with Crippen LogP contribution in [0, 0.1) is 5.92 Å². The summed E-state index contributed by atoms with van der Waals surface area (Å²) in [4.78, 5) is 4.45. The second-order valence-corrected chi connectivity index (χ2v) is 4.26. The van der Waals surface area contributed by atoms with Crippen molar-refractivity contribution in [3.8, 4) is 0 Å². The highest BCUT2D eigenvalue weighted by atomic mass is 15.2. The van der Waals surface area contributed by atoms with Gasteiger partial charge in [-0.1, -0.05) is 20.3 Å². The van der Waals surface area contributed by atoms with E-state index in [1.165, 1.54) is 12.8 Å². The van der Waals surface area contributed by atoms with Crippen LogP contribution in [0.1, 0.15) is 56.7 Å². The van der Waals surface area contributed by atoms with Crippen LogP contribution < -0.4 is 5.73 Å². The zero-order valence-corrected chi connectivity index (χ0v) is 8.83. The molecule has 1 aliphatic rings. The Hall–Kier alpha value is -0.900. The average Bonchev–Trinajstić information content (AvgIpc) is 2.94. The highest BCUT2D eigenvalue weighted by Crippen LogP contribution is 2.38. The van der Waals surface area contributed by atoms with Crippen molar-refractivity contribution in [2.75, 3.05) is 0 Å². The zero-order valence-electron chi connectivity index (χ0n) is 8.83. The highest BCUT2D eigenvalue weighted by Gasteiger charge is 2.28. The molecule has 4 nitrogen and oxygen atoms in total. The van der Waals surface area contributed by atoms with Gasteiger partial charge in [-0.05, 0) is 18.8 Å². The van der Waals surface area contributed by atoms with Crippen LogP contribution in [-0.4, -0.2) is 15.2 Å². The van der Waals surface area contributed by atoms with Crippen LogP contribution >= 0.6 is 0 Å². The summed E-state index contributed by atoms with van der Waals surface area (Å²) in [6.07, 6.45) is 3.55. The van der Waals surface area contributed by atoms with Crippen LogP contribution in [0.2, 0.25) is 0 Å². The molecular formula is C10H18N4. The van der Waals surface area contributed by atoms with Crippen molar-refractivity contribution in [2.24, 2.45) is 11.7 Å². The predicted octanol–water partition coefficient (Wildman–Crippen LogP) is 1.73. The Labute approximate surface area is 84.3 Å². The molecule has 1 aromatic heterocycles. The maximum atomic E-state index is 6.04. The smallest absolute Gasteiger partial charge is 0.167 e. The summed E-state index contributed by atoms with van der Waals surface area (Å²) >= 11 is 0. The van der Waals surface area contributed by atoms with Gasteiger partial charge in [-0.15, -0.1) is 0 Å². The molecule has 2 rings (SSSR count). The van der Waals surface area contributed by atoms with Gasteiger partial charge in [-0.25, -0.2) is 4.98 Å². The summed E-state index contributed by atoms with van der Waals surface area (Å²) < 4.78 is 0. The molecule has 0 spiro atoms. The molecule has 14 heavy (non-hydrogen) atoms. The first-order valence-corrected chi connectivity index (χ1v) is 5.40. The average molecular weight is 194 g/mol. The van der Waals surface area contributed by atoms with Crippen LogP contribution in [0.25, 0.3) is 0 Å². The molecule has 1 aromatic rings. The Morgan fingerprint density at radius 3 is 2.86 bits per heavy atom. The Morgan fingerprint density at radius 2 is 2.29 bits per heavy atom. The van der Waals surface area contributed by atoms with Gasteiger partial charge in [-0.3, -0.25) is 5.10 Å². The minimum atomic E-state index is -0.0243. The number of aromatic nitrogens is 3. The molecule has 0 radical (unpaired) electrons. The molecule has 0 saturated heterocycles. The molecule has 2 atom stereocenters. The minimum Gasteiger partial charge on any atom is -0.321 e. The monoisotopic (exact) mass is 194 g/mol. The van der Waals surface area contributed by atoms with Gasteiger partial charge in [0, 0.05) is 5.92 Å². The lowest BCUT2D eigenvalue weighted by Crippen LogP contribution is -2.19. The zero-order chi connectivity index (χ0) is 10.1.